The third kappa shape index (κ3) is 4.43. The van der Waals surface area contributed by atoms with Crippen LogP contribution in [0.3, 0.4) is 0 Å². The van der Waals surface area contributed by atoms with Gasteiger partial charge in [0.05, 0.1) is 0 Å². The first-order chi connectivity index (χ1) is 4.20. The quantitative estimate of drug-likeness (QED) is 0.587. The molecule has 0 radical (unpaired) electrons. The summed E-state index contributed by atoms with van der Waals surface area (Å²) >= 11 is 0. The fourth-order valence-corrected chi connectivity index (χ4v) is 0.912. The van der Waals surface area contributed by atoms with Crippen LogP contribution in [0.1, 0.15) is 20.3 Å². The molecule has 0 aromatic rings. The van der Waals surface area contributed by atoms with Gasteiger partial charge in [0.1, 0.15) is 0 Å². The Labute approximate surface area is 57.1 Å². The molecule has 3 N–H and O–H groups in total. The number of aliphatic hydroxyl groups excluding tert-OH is 1. The molecule has 0 aromatic carbocycles. The lowest BCUT2D eigenvalue weighted by Gasteiger charge is -2.12. The van der Waals surface area contributed by atoms with Crippen LogP contribution in [0.25, 0.3) is 0 Å². The highest BCUT2D eigenvalue weighted by molar-refractivity contribution is 4.59. The Hall–Kier alpha value is -0.0800. The fraction of sp³-hybridized carbons (Fsp3) is 1.00. The molecule has 1 unspecified atom stereocenters. The first kappa shape index (κ1) is 8.92. The molecular formula is C7H17NO. The second-order valence-corrected chi connectivity index (χ2v) is 2.91. The van der Waals surface area contributed by atoms with E-state index in [1.807, 2.05) is 0 Å². The lowest BCUT2D eigenvalue weighted by Crippen LogP contribution is -2.19. The van der Waals surface area contributed by atoms with Gasteiger partial charge in [-0.1, -0.05) is 13.8 Å². The molecule has 0 fully saturated rings. The minimum atomic E-state index is 0.231. The standard InChI is InChI=1S/C7H17NO/c1-6(2)3-7(4-8)5-9/h6-7,9H,3-5,8H2,1-2H3. The van der Waals surface area contributed by atoms with Crippen LogP contribution in [0.5, 0.6) is 0 Å². The third-order valence-electron chi connectivity index (χ3n) is 1.40. The van der Waals surface area contributed by atoms with E-state index in [0.29, 0.717) is 18.4 Å². The van der Waals surface area contributed by atoms with Gasteiger partial charge in [0.25, 0.3) is 0 Å². The van der Waals surface area contributed by atoms with Crippen molar-refractivity contribution in [1.29, 1.82) is 0 Å². The molecule has 0 rings (SSSR count). The van der Waals surface area contributed by atoms with E-state index in [4.69, 9.17) is 10.8 Å². The summed E-state index contributed by atoms with van der Waals surface area (Å²) in [6.45, 7) is 5.11. The Kier molecular flexibility index (Phi) is 4.72. The van der Waals surface area contributed by atoms with Gasteiger partial charge in [-0.15, -0.1) is 0 Å². The van der Waals surface area contributed by atoms with Crippen molar-refractivity contribution in [3.8, 4) is 0 Å². The molecule has 2 nitrogen and oxygen atoms in total. The van der Waals surface area contributed by atoms with Gasteiger partial charge in [-0.05, 0) is 24.8 Å². The lowest BCUT2D eigenvalue weighted by atomic mass is 9.98. The summed E-state index contributed by atoms with van der Waals surface area (Å²) in [6.07, 6.45) is 1.03. The van der Waals surface area contributed by atoms with Crippen molar-refractivity contribution in [1.82, 2.24) is 0 Å². The molecule has 0 aromatic heterocycles. The summed E-state index contributed by atoms with van der Waals surface area (Å²) in [7, 11) is 0. The van der Waals surface area contributed by atoms with Gasteiger partial charge < -0.3 is 10.8 Å². The van der Waals surface area contributed by atoms with Crippen LogP contribution >= 0.6 is 0 Å². The number of rotatable bonds is 4. The van der Waals surface area contributed by atoms with E-state index < -0.39 is 0 Å². The van der Waals surface area contributed by atoms with E-state index in [2.05, 4.69) is 13.8 Å². The zero-order valence-corrected chi connectivity index (χ0v) is 6.30. The van der Waals surface area contributed by atoms with Crippen LogP contribution in [0.15, 0.2) is 0 Å². The normalized spacial score (nSPS) is 14.3. The maximum atomic E-state index is 8.69. The van der Waals surface area contributed by atoms with E-state index in [-0.39, 0.29) is 6.61 Å². The lowest BCUT2D eigenvalue weighted by molar-refractivity contribution is 0.210. The van der Waals surface area contributed by atoms with E-state index in [1.165, 1.54) is 0 Å². The molecule has 1 atom stereocenters. The molecule has 0 saturated heterocycles. The van der Waals surface area contributed by atoms with Gasteiger partial charge in [0.15, 0.2) is 0 Å². The Balaban J connectivity index is 3.31. The van der Waals surface area contributed by atoms with Crippen LogP contribution in [-0.2, 0) is 0 Å². The topological polar surface area (TPSA) is 46.2 Å². The number of nitrogens with two attached hydrogens (primary N) is 1. The van der Waals surface area contributed by atoms with Gasteiger partial charge >= 0.3 is 0 Å². The molecule has 0 aliphatic carbocycles. The first-order valence-corrected chi connectivity index (χ1v) is 3.51. The molecule has 9 heavy (non-hydrogen) atoms. The maximum Gasteiger partial charge on any atom is 0.0471 e. The van der Waals surface area contributed by atoms with Crippen molar-refractivity contribution < 1.29 is 5.11 Å². The monoisotopic (exact) mass is 131 g/mol. The second kappa shape index (κ2) is 4.77. The largest absolute Gasteiger partial charge is 0.396 e. The predicted molar refractivity (Wildman–Crippen MR) is 39.1 cm³/mol. The minimum Gasteiger partial charge on any atom is -0.396 e. The summed E-state index contributed by atoms with van der Waals surface area (Å²) < 4.78 is 0. The highest BCUT2D eigenvalue weighted by Gasteiger charge is 2.05. The molecule has 0 spiro atoms. The van der Waals surface area contributed by atoms with Crippen molar-refractivity contribution in [2.24, 2.45) is 17.6 Å². The molecular weight excluding hydrogens is 114 g/mol. The summed E-state index contributed by atoms with van der Waals surface area (Å²) in [5.74, 6) is 0.954. The number of hydrogen-bond acceptors (Lipinski definition) is 2. The van der Waals surface area contributed by atoms with Crippen molar-refractivity contribution in [2.75, 3.05) is 13.2 Å². The number of hydrogen-bond donors (Lipinski definition) is 2. The molecule has 0 amide bonds. The van der Waals surface area contributed by atoms with Crippen LogP contribution in [-0.4, -0.2) is 18.3 Å². The molecule has 0 bridgehead atoms. The summed E-state index contributed by atoms with van der Waals surface area (Å²) in [5.41, 5.74) is 5.37. The molecule has 56 valence electrons. The summed E-state index contributed by atoms with van der Waals surface area (Å²) in [6, 6.07) is 0. The van der Waals surface area contributed by atoms with E-state index >= 15 is 0 Å². The third-order valence-corrected chi connectivity index (χ3v) is 1.40. The molecule has 0 aliphatic rings. The average Bonchev–Trinajstić information content (AvgIpc) is 1.82. The van der Waals surface area contributed by atoms with Crippen molar-refractivity contribution in [2.45, 2.75) is 20.3 Å². The van der Waals surface area contributed by atoms with Gasteiger partial charge in [-0.3, -0.25) is 0 Å². The Morgan fingerprint density at radius 2 is 2.00 bits per heavy atom. The SMILES string of the molecule is CC(C)CC(CN)CO. The smallest absolute Gasteiger partial charge is 0.0471 e. The van der Waals surface area contributed by atoms with Crippen LogP contribution in [0.2, 0.25) is 0 Å². The van der Waals surface area contributed by atoms with Gasteiger partial charge in [-0.25, -0.2) is 0 Å². The minimum absolute atomic E-state index is 0.231. The van der Waals surface area contributed by atoms with Gasteiger partial charge in [0, 0.05) is 6.61 Å². The first-order valence-electron chi connectivity index (χ1n) is 3.51. The summed E-state index contributed by atoms with van der Waals surface area (Å²) in [4.78, 5) is 0. The molecule has 0 aliphatic heterocycles. The zero-order valence-electron chi connectivity index (χ0n) is 6.30. The highest BCUT2D eigenvalue weighted by atomic mass is 16.3. The van der Waals surface area contributed by atoms with Crippen LogP contribution < -0.4 is 5.73 Å². The summed E-state index contributed by atoms with van der Waals surface area (Å²) in [5, 5.41) is 8.69. The molecule has 2 heteroatoms. The zero-order chi connectivity index (χ0) is 7.28. The Morgan fingerprint density at radius 3 is 2.11 bits per heavy atom. The van der Waals surface area contributed by atoms with Gasteiger partial charge in [-0.2, -0.15) is 0 Å². The van der Waals surface area contributed by atoms with Crippen molar-refractivity contribution >= 4 is 0 Å². The molecule has 0 heterocycles. The van der Waals surface area contributed by atoms with Crippen molar-refractivity contribution in [3.05, 3.63) is 0 Å². The van der Waals surface area contributed by atoms with E-state index in [0.717, 1.165) is 6.42 Å². The Morgan fingerprint density at radius 1 is 1.44 bits per heavy atom. The predicted octanol–water partition coefficient (Wildman–Crippen LogP) is 0.600. The van der Waals surface area contributed by atoms with Crippen LogP contribution in [0.4, 0.5) is 0 Å². The molecule has 0 saturated carbocycles. The Bertz CT molecular complexity index is 59.9. The second-order valence-electron chi connectivity index (χ2n) is 2.91. The van der Waals surface area contributed by atoms with Crippen molar-refractivity contribution in [3.63, 3.8) is 0 Å². The highest BCUT2D eigenvalue weighted by Crippen LogP contribution is 2.08. The number of aliphatic hydroxyl groups is 1. The van der Waals surface area contributed by atoms with E-state index in [9.17, 15) is 0 Å². The van der Waals surface area contributed by atoms with Crippen LogP contribution in [0, 0.1) is 11.8 Å². The fourth-order valence-electron chi connectivity index (χ4n) is 0.912. The maximum absolute atomic E-state index is 8.69. The average molecular weight is 131 g/mol. The van der Waals surface area contributed by atoms with E-state index in [1.54, 1.807) is 0 Å². The van der Waals surface area contributed by atoms with Gasteiger partial charge in [0.2, 0.25) is 0 Å².